The van der Waals surface area contributed by atoms with Crippen molar-refractivity contribution in [2.45, 2.75) is 13.8 Å². The van der Waals surface area contributed by atoms with Crippen LogP contribution in [0.3, 0.4) is 0 Å². The number of phenols is 1. The topological polar surface area (TPSA) is 95.8 Å². The van der Waals surface area contributed by atoms with Crippen LogP contribution in [0.25, 0.3) is 6.08 Å². The fourth-order valence-electron chi connectivity index (χ4n) is 2.06. The number of benzene rings is 1. The third-order valence-electron chi connectivity index (χ3n) is 3.47. The molecule has 0 radical (unpaired) electrons. The molecule has 1 aliphatic rings. The van der Waals surface area contributed by atoms with Crippen LogP contribution in [0.2, 0.25) is 0 Å². The number of thiazole rings is 1. The van der Waals surface area contributed by atoms with Crippen molar-refractivity contribution >= 4 is 45.4 Å². The Hall–Kier alpha value is -2.52. The highest BCUT2D eigenvalue weighted by Gasteiger charge is 2.24. The summed E-state index contributed by atoms with van der Waals surface area (Å²) in [4.78, 5) is 18.0. The number of nitrogens with zero attached hydrogens (tertiary/aromatic N) is 2. The molecule has 25 heavy (non-hydrogen) atoms. The third-order valence-corrected chi connectivity index (χ3v) is 5.36. The molecule has 130 valence electrons. The van der Waals surface area contributed by atoms with E-state index in [0.29, 0.717) is 26.5 Å². The Balaban J connectivity index is 1.77. The number of nitrogens with one attached hydrogen (secondary N) is 2. The van der Waals surface area contributed by atoms with E-state index in [1.165, 1.54) is 30.2 Å². The Morgan fingerprint density at radius 1 is 1.40 bits per heavy atom. The molecule has 2 heterocycles. The summed E-state index contributed by atoms with van der Waals surface area (Å²) in [6, 6.07) is 5.09. The molecule has 1 saturated heterocycles. The minimum Gasteiger partial charge on any atom is -0.504 e. The number of anilines is 1. The van der Waals surface area contributed by atoms with Gasteiger partial charge in [0.15, 0.2) is 16.7 Å². The molecule has 0 spiro atoms. The molecule has 0 aliphatic carbocycles. The van der Waals surface area contributed by atoms with Crippen LogP contribution >= 0.6 is 23.1 Å². The van der Waals surface area contributed by atoms with Crippen molar-refractivity contribution in [2.24, 2.45) is 5.10 Å². The molecular formula is C16H16N4O3S2. The highest BCUT2D eigenvalue weighted by molar-refractivity contribution is 8.18. The molecule has 2 aromatic rings. The number of amidine groups is 1. The van der Waals surface area contributed by atoms with Crippen molar-refractivity contribution in [3.63, 3.8) is 0 Å². The number of rotatable bonds is 4. The second kappa shape index (κ2) is 7.16. The van der Waals surface area contributed by atoms with E-state index in [-0.39, 0.29) is 11.7 Å². The van der Waals surface area contributed by atoms with E-state index in [0.717, 1.165) is 10.6 Å². The lowest BCUT2D eigenvalue weighted by Gasteiger charge is -2.05. The van der Waals surface area contributed by atoms with Crippen molar-refractivity contribution in [1.82, 2.24) is 10.3 Å². The van der Waals surface area contributed by atoms with Gasteiger partial charge in [0.25, 0.3) is 5.91 Å². The Morgan fingerprint density at radius 3 is 2.88 bits per heavy atom. The summed E-state index contributed by atoms with van der Waals surface area (Å²) in [5, 5.41) is 18.0. The van der Waals surface area contributed by atoms with Gasteiger partial charge in [0.1, 0.15) is 0 Å². The zero-order valence-electron chi connectivity index (χ0n) is 13.8. The maximum atomic E-state index is 12.1. The van der Waals surface area contributed by atoms with Gasteiger partial charge in [-0.3, -0.25) is 15.5 Å². The fraction of sp³-hybridized carbons (Fsp3) is 0.188. The number of carbonyl (C=O) groups is 1. The summed E-state index contributed by atoms with van der Waals surface area (Å²) in [5.74, 6) is 0.0604. The van der Waals surface area contributed by atoms with Gasteiger partial charge in [-0.25, -0.2) is 4.98 Å². The van der Waals surface area contributed by atoms with Crippen LogP contribution in [0.5, 0.6) is 11.5 Å². The number of aryl methyl sites for hydroxylation is 2. The van der Waals surface area contributed by atoms with Crippen LogP contribution in [-0.4, -0.2) is 28.3 Å². The Kier molecular flexibility index (Phi) is 4.95. The van der Waals surface area contributed by atoms with E-state index in [9.17, 15) is 9.90 Å². The van der Waals surface area contributed by atoms with Crippen molar-refractivity contribution in [1.29, 1.82) is 0 Å². The van der Waals surface area contributed by atoms with Crippen LogP contribution in [0.15, 0.2) is 28.2 Å². The molecule has 0 saturated carbocycles. The van der Waals surface area contributed by atoms with E-state index < -0.39 is 0 Å². The largest absolute Gasteiger partial charge is 0.504 e. The molecule has 0 bridgehead atoms. The van der Waals surface area contributed by atoms with Gasteiger partial charge in [-0.1, -0.05) is 12.1 Å². The lowest BCUT2D eigenvalue weighted by atomic mass is 10.1. The third kappa shape index (κ3) is 3.77. The van der Waals surface area contributed by atoms with Crippen LogP contribution in [0.4, 0.5) is 5.13 Å². The van der Waals surface area contributed by atoms with E-state index in [1.54, 1.807) is 24.3 Å². The second-order valence-corrected chi connectivity index (χ2v) is 7.39. The molecule has 7 nitrogen and oxygen atoms in total. The molecule has 1 fully saturated rings. The molecule has 1 aromatic heterocycles. The number of methoxy groups -OCH3 is 1. The van der Waals surface area contributed by atoms with Gasteiger partial charge in [-0.15, -0.1) is 16.4 Å². The number of amides is 1. The van der Waals surface area contributed by atoms with Crippen molar-refractivity contribution in [3.05, 3.63) is 39.2 Å². The predicted octanol–water partition coefficient (Wildman–Crippen LogP) is 3.06. The molecule has 1 aromatic carbocycles. The quantitative estimate of drug-likeness (QED) is 0.561. The van der Waals surface area contributed by atoms with E-state index in [1.807, 2.05) is 13.8 Å². The van der Waals surface area contributed by atoms with Gasteiger partial charge in [-0.05, 0) is 37.8 Å². The van der Waals surface area contributed by atoms with Gasteiger partial charge >= 0.3 is 0 Å². The van der Waals surface area contributed by atoms with Crippen molar-refractivity contribution in [3.8, 4) is 11.5 Å². The average Bonchev–Trinajstić information content (AvgIpc) is 3.10. The minimum atomic E-state index is -0.278. The maximum Gasteiger partial charge on any atom is 0.264 e. The van der Waals surface area contributed by atoms with Crippen LogP contribution in [0, 0.1) is 13.8 Å². The fourth-order valence-corrected chi connectivity index (χ4v) is 3.59. The summed E-state index contributed by atoms with van der Waals surface area (Å²) in [6.07, 6.45) is 1.60. The number of hydrazone groups is 1. The van der Waals surface area contributed by atoms with Gasteiger partial charge in [0.2, 0.25) is 5.13 Å². The highest BCUT2D eigenvalue weighted by atomic mass is 32.2. The lowest BCUT2D eigenvalue weighted by Crippen LogP contribution is -2.20. The molecule has 1 amide bonds. The summed E-state index contributed by atoms with van der Waals surface area (Å²) in [7, 11) is 1.47. The molecule has 3 N–H and O–H groups in total. The Bertz CT molecular complexity index is 870. The summed E-state index contributed by atoms with van der Waals surface area (Å²) in [5.41, 5.74) is 4.29. The normalized spacial score (nSPS) is 17.2. The number of phenolic OH excluding ortho intramolecular Hbond substituents is 1. The van der Waals surface area contributed by atoms with E-state index in [4.69, 9.17) is 4.74 Å². The number of ether oxygens (including phenoxy) is 1. The first-order valence-electron chi connectivity index (χ1n) is 7.32. The Morgan fingerprint density at radius 2 is 2.20 bits per heavy atom. The van der Waals surface area contributed by atoms with Crippen LogP contribution in [-0.2, 0) is 4.79 Å². The summed E-state index contributed by atoms with van der Waals surface area (Å²) < 4.78 is 5.07. The summed E-state index contributed by atoms with van der Waals surface area (Å²) >= 11 is 2.67. The van der Waals surface area contributed by atoms with E-state index in [2.05, 4.69) is 20.8 Å². The van der Waals surface area contributed by atoms with Gasteiger partial charge in [0.05, 0.1) is 17.7 Å². The Labute approximate surface area is 152 Å². The number of para-hydroxylation sites is 1. The van der Waals surface area contributed by atoms with Crippen LogP contribution < -0.4 is 15.5 Å². The molecule has 0 atom stereocenters. The first-order valence-corrected chi connectivity index (χ1v) is 8.96. The molecular weight excluding hydrogens is 360 g/mol. The zero-order chi connectivity index (χ0) is 18.0. The molecule has 3 rings (SSSR count). The van der Waals surface area contributed by atoms with Gasteiger partial charge < -0.3 is 9.84 Å². The second-order valence-electron chi connectivity index (χ2n) is 5.15. The monoisotopic (exact) mass is 376 g/mol. The zero-order valence-corrected chi connectivity index (χ0v) is 15.4. The molecule has 0 unspecified atom stereocenters. The molecule has 1 aliphatic heterocycles. The number of aromatic hydroxyl groups is 1. The number of aromatic nitrogens is 1. The van der Waals surface area contributed by atoms with Crippen molar-refractivity contribution < 1.29 is 14.6 Å². The average molecular weight is 376 g/mol. The first kappa shape index (κ1) is 17.3. The number of carbonyl (C=O) groups excluding carboxylic acids is 1. The lowest BCUT2D eigenvalue weighted by molar-refractivity contribution is -0.115. The smallest absolute Gasteiger partial charge is 0.264 e. The number of hydrogen-bond donors (Lipinski definition) is 3. The number of thioether (sulfide) groups is 1. The van der Waals surface area contributed by atoms with Crippen LogP contribution in [0.1, 0.15) is 16.1 Å². The summed E-state index contributed by atoms with van der Waals surface area (Å²) in [6.45, 7) is 3.91. The first-order chi connectivity index (χ1) is 12.0. The van der Waals surface area contributed by atoms with Crippen molar-refractivity contribution in [2.75, 3.05) is 12.5 Å². The van der Waals surface area contributed by atoms with Gasteiger partial charge in [-0.2, -0.15) is 0 Å². The molecule has 9 heteroatoms. The van der Waals surface area contributed by atoms with Gasteiger partial charge in [0, 0.05) is 10.4 Å². The van der Waals surface area contributed by atoms with E-state index >= 15 is 0 Å². The number of hydrogen-bond acceptors (Lipinski definition) is 8. The standard InChI is InChI=1S/C16H16N4O3S2/c1-8-9(2)24-15(17-8)19-20-16-18-14(22)12(25-16)7-10-5-4-6-11(23-3)13(10)21/h4-7,21H,1-3H3,(H,17,19)(H,18,20,22)/b12-7-. The highest BCUT2D eigenvalue weighted by Crippen LogP contribution is 2.34. The maximum absolute atomic E-state index is 12.1. The predicted molar refractivity (Wildman–Crippen MR) is 101 cm³/mol. The SMILES string of the molecule is COc1cccc(/C=C2\S/C(=N/Nc3nc(C)c(C)s3)NC2=O)c1O. The minimum absolute atomic E-state index is 0.0110.